The van der Waals surface area contributed by atoms with Gasteiger partial charge in [-0.1, -0.05) is 34.1 Å². The van der Waals surface area contributed by atoms with Crippen LogP contribution in [0.25, 0.3) is 0 Å². The van der Waals surface area contributed by atoms with E-state index in [2.05, 4.69) is 57.4 Å². The molecule has 0 amide bonds. The van der Waals surface area contributed by atoms with E-state index in [1.54, 1.807) is 13.3 Å². The van der Waals surface area contributed by atoms with Crippen LogP contribution in [0.4, 0.5) is 0 Å². The van der Waals surface area contributed by atoms with E-state index in [1.807, 2.05) is 12.1 Å². The van der Waals surface area contributed by atoms with Crippen LogP contribution >= 0.6 is 15.9 Å². The van der Waals surface area contributed by atoms with E-state index in [1.165, 1.54) is 5.56 Å². The Bertz CT molecular complexity index is 542. The number of rotatable bonds is 6. The van der Waals surface area contributed by atoms with Crippen molar-refractivity contribution in [3.8, 4) is 5.88 Å². The average Bonchev–Trinajstić information content (AvgIpc) is 2.48. The summed E-state index contributed by atoms with van der Waals surface area (Å²) in [5, 5.41) is 3.50. The van der Waals surface area contributed by atoms with Gasteiger partial charge < -0.3 is 10.1 Å². The van der Waals surface area contributed by atoms with Gasteiger partial charge in [0.25, 0.3) is 0 Å². The molecule has 0 saturated heterocycles. The summed E-state index contributed by atoms with van der Waals surface area (Å²) in [5.41, 5.74) is 2.41. The summed E-state index contributed by atoms with van der Waals surface area (Å²) < 4.78 is 6.37. The Morgan fingerprint density at radius 2 is 2.00 bits per heavy atom. The third kappa shape index (κ3) is 4.32. The Labute approximate surface area is 128 Å². The fourth-order valence-electron chi connectivity index (χ4n) is 2.07. The van der Waals surface area contributed by atoms with Crippen LogP contribution in [-0.2, 0) is 13.0 Å². The molecule has 20 heavy (non-hydrogen) atoms. The molecule has 0 bridgehead atoms. The van der Waals surface area contributed by atoms with Crippen molar-refractivity contribution in [3.63, 3.8) is 0 Å². The Morgan fingerprint density at radius 3 is 2.70 bits per heavy atom. The average molecular weight is 335 g/mol. The molecule has 1 aromatic carbocycles. The van der Waals surface area contributed by atoms with Crippen molar-refractivity contribution < 1.29 is 4.74 Å². The molecule has 0 fully saturated rings. The maximum absolute atomic E-state index is 5.25. The summed E-state index contributed by atoms with van der Waals surface area (Å²) >= 11 is 3.45. The molecule has 0 saturated carbocycles. The van der Waals surface area contributed by atoms with Crippen molar-refractivity contribution >= 4 is 15.9 Å². The van der Waals surface area contributed by atoms with Crippen molar-refractivity contribution in [1.29, 1.82) is 0 Å². The zero-order valence-electron chi connectivity index (χ0n) is 11.8. The van der Waals surface area contributed by atoms with Gasteiger partial charge in [-0.15, -0.1) is 0 Å². The van der Waals surface area contributed by atoms with Gasteiger partial charge in [0.05, 0.1) is 7.11 Å². The lowest BCUT2D eigenvalue weighted by molar-refractivity contribution is 0.388. The molecule has 4 heteroatoms. The highest BCUT2D eigenvalue weighted by atomic mass is 79.9. The largest absolute Gasteiger partial charge is 0.481 e. The molecule has 2 aromatic rings. The first kappa shape index (κ1) is 15.0. The molecule has 106 valence electrons. The molecular formula is C16H19BrN2O. The van der Waals surface area contributed by atoms with Crippen molar-refractivity contribution in [2.75, 3.05) is 7.11 Å². The summed E-state index contributed by atoms with van der Waals surface area (Å²) in [7, 11) is 1.65. The second-order valence-electron chi connectivity index (χ2n) is 4.78. The molecule has 0 aliphatic heterocycles. The number of nitrogens with one attached hydrogen (secondary N) is 1. The van der Waals surface area contributed by atoms with E-state index in [-0.39, 0.29) is 0 Å². The first-order valence-corrected chi connectivity index (χ1v) is 7.44. The monoisotopic (exact) mass is 334 g/mol. The van der Waals surface area contributed by atoms with Crippen molar-refractivity contribution in [3.05, 3.63) is 58.2 Å². The lowest BCUT2D eigenvalue weighted by Gasteiger charge is -2.15. The van der Waals surface area contributed by atoms with E-state index >= 15 is 0 Å². The van der Waals surface area contributed by atoms with Crippen LogP contribution in [-0.4, -0.2) is 18.1 Å². The summed E-state index contributed by atoms with van der Waals surface area (Å²) in [5.74, 6) is 0.691. The minimum absolute atomic E-state index is 0.390. The Balaban J connectivity index is 1.88. The van der Waals surface area contributed by atoms with Crippen LogP contribution in [0.5, 0.6) is 5.88 Å². The van der Waals surface area contributed by atoms with Crippen molar-refractivity contribution in [2.45, 2.75) is 25.9 Å². The minimum Gasteiger partial charge on any atom is -0.481 e. The number of nitrogens with zero attached hydrogens (tertiary/aromatic N) is 1. The molecule has 1 aromatic heterocycles. The number of hydrogen-bond donors (Lipinski definition) is 1. The van der Waals surface area contributed by atoms with Gasteiger partial charge in [-0.2, -0.15) is 0 Å². The number of benzene rings is 1. The molecule has 0 radical (unpaired) electrons. The predicted octanol–water partition coefficient (Wildman–Crippen LogP) is 3.57. The van der Waals surface area contributed by atoms with Gasteiger partial charge in [0.1, 0.15) is 0 Å². The number of hydrogen-bond acceptors (Lipinski definition) is 3. The highest BCUT2D eigenvalue weighted by molar-refractivity contribution is 9.10. The van der Waals surface area contributed by atoms with Crippen LogP contribution < -0.4 is 10.1 Å². The van der Waals surface area contributed by atoms with Crippen LogP contribution in [0, 0.1) is 0 Å². The SMILES string of the molecule is COc1ncccc1CNC(C)Cc1ccc(Br)cc1. The zero-order valence-corrected chi connectivity index (χ0v) is 13.4. The van der Waals surface area contributed by atoms with E-state index in [0.29, 0.717) is 11.9 Å². The summed E-state index contributed by atoms with van der Waals surface area (Å²) in [6.45, 7) is 2.94. The zero-order chi connectivity index (χ0) is 14.4. The highest BCUT2D eigenvalue weighted by Crippen LogP contribution is 2.14. The summed E-state index contributed by atoms with van der Waals surface area (Å²) in [6.07, 6.45) is 2.74. The van der Waals surface area contributed by atoms with Gasteiger partial charge in [0, 0.05) is 28.8 Å². The molecule has 1 unspecified atom stereocenters. The van der Waals surface area contributed by atoms with Crippen molar-refractivity contribution in [1.82, 2.24) is 10.3 Å². The molecular weight excluding hydrogens is 316 g/mol. The second kappa shape index (κ2) is 7.41. The smallest absolute Gasteiger partial charge is 0.217 e. The van der Waals surface area contributed by atoms with Crippen LogP contribution in [0.2, 0.25) is 0 Å². The second-order valence-corrected chi connectivity index (χ2v) is 5.70. The summed E-state index contributed by atoms with van der Waals surface area (Å²) in [4.78, 5) is 4.20. The third-order valence-corrected chi connectivity index (χ3v) is 3.67. The first-order chi connectivity index (χ1) is 9.69. The molecule has 1 atom stereocenters. The minimum atomic E-state index is 0.390. The topological polar surface area (TPSA) is 34.1 Å². The summed E-state index contributed by atoms with van der Waals surface area (Å²) in [6, 6.07) is 12.8. The Morgan fingerprint density at radius 1 is 1.25 bits per heavy atom. The van der Waals surface area contributed by atoms with E-state index < -0.39 is 0 Å². The van der Waals surface area contributed by atoms with Gasteiger partial charge >= 0.3 is 0 Å². The lowest BCUT2D eigenvalue weighted by Crippen LogP contribution is -2.27. The molecule has 0 aliphatic carbocycles. The van der Waals surface area contributed by atoms with Gasteiger partial charge in [-0.3, -0.25) is 0 Å². The van der Waals surface area contributed by atoms with E-state index in [4.69, 9.17) is 4.74 Å². The fourth-order valence-corrected chi connectivity index (χ4v) is 2.34. The van der Waals surface area contributed by atoms with Gasteiger partial charge in [0.2, 0.25) is 5.88 Å². The standard InChI is InChI=1S/C16H19BrN2O/c1-12(10-13-5-7-15(17)8-6-13)19-11-14-4-3-9-18-16(14)20-2/h3-9,12,19H,10-11H2,1-2H3. The highest BCUT2D eigenvalue weighted by Gasteiger charge is 2.07. The number of halogens is 1. The molecule has 2 rings (SSSR count). The van der Waals surface area contributed by atoms with Gasteiger partial charge in [-0.25, -0.2) is 4.98 Å². The number of ether oxygens (including phenoxy) is 1. The number of methoxy groups -OCH3 is 1. The Kier molecular flexibility index (Phi) is 5.56. The predicted molar refractivity (Wildman–Crippen MR) is 84.9 cm³/mol. The first-order valence-electron chi connectivity index (χ1n) is 6.64. The Hall–Kier alpha value is -1.39. The third-order valence-electron chi connectivity index (χ3n) is 3.14. The maximum Gasteiger partial charge on any atom is 0.217 e. The molecule has 0 spiro atoms. The van der Waals surface area contributed by atoms with Gasteiger partial charge in [-0.05, 0) is 37.1 Å². The number of aromatic nitrogens is 1. The van der Waals surface area contributed by atoms with Gasteiger partial charge in [0.15, 0.2) is 0 Å². The maximum atomic E-state index is 5.25. The molecule has 0 aliphatic rings. The van der Waals surface area contributed by atoms with E-state index in [9.17, 15) is 0 Å². The number of pyridine rings is 1. The normalized spacial score (nSPS) is 12.2. The molecule has 3 nitrogen and oxygen atoms in total. The van der Waals surface area contributed by atoms with Crippen LogP contribution in [0.3, 0.4) is 0 Å². The van der Waals surface area contributed by atoms with E-state index in [0.717, 1.165) is 23.0 Å². The quantitative estimate of drug-likeness (QED) is 0.876. The lowest BCUT2D eigenvalue weighted by atomic mass is 10.1. The molecule has 1 N–H and O–H groups in total. The van der Waals surface area contributed by atoms with Crippen LogP contribution in [0.1, 0.15) is 18.1 Å². The van der Waals surface area contributed by atoms with Crippen LogP contribution in [0.15, 0.2) is 47.1 Å². The fraction of sp³-hybridized carbons (Fsp3) is 0.312. The molecule has 1 heterocycles. The van der Waals surface area contributed by atoms with Crippen molar-refractivity contribution in [2.24, 2.45) is 0 Å².